The molecular formula is C24H19FN4O2. The molecule has 3 heterocycles. The SMILES string of the molecule is Cc1cccn2c(NC(=O)C3CC(=O)Nc4cc(F)ccc43)c(-c3ccccc3)nc12. The molecule has 0 saturated carbocycles. The van der Waals surface area contributed by atoms with Crippen LogP contribution in [0.3, 0.4) is 0 Å². The van der Waals surface area contributed by atoms with Gasteiger partial charge < -0.3 is 10.6 Å². The van der Waals surface area contributed by atoms with E-state index in [2.05, 4.69) is 10.6 Å². The molecule has 6 nitrogen and oxygen atoms in total. The minimum Gasteiger partial charge on any atom is -0.326 e. The van der Waals surface area contributed by atoms with Crippen molar-refractivity contribution in [3.63, 3.8) is 0 Å². The highest BCUT2D eigenvalue weighted by Gasteiger charge is 2.32. The number of pyridine rings is 1. The summed E-state index contributed by atoms with van der Waals surface area (Å²) in [6, 6.07) is 17.5. The number of aryl methyl sites for hydroxylation is 1. The maximum atomic E-state index is 13.6. The van der Waals surface area contributed by atoms with Crippen molar-refractivity contribution in [2.75, 3.05) is 10.6 Å². The molecule has 1 aliphatic rings. The Balaban J connectivity index is 1.59. The van der Waals surface area contributed by atoms with Crippen LogP contribution in [0, 0.1) is 12.7 Å². The zero-order valence-corrected chi connectivity index (χ0v) is 16.7. The number of fused-ring (bicyclic) bond motifs is 2. The summed E-state index contributed by atoms with van der Waals surface area (Å²) in [4.78, 5) is 30.3. The van der Waals surface area contributed by atoms with Crippen molar-refractivity contribution in [1.82, 2.24) is 9.38 Å². The van der Waals surface area contributed by atoms with Crippen molar-refractivity contribution in [3.8, 4) is 11.3 Å². The van der Waals surface area contributed by atoms with Gasteiger partial charge in [0, 0.05) is 23.9 Å². The summed E-state index contributed by atoms with van der Waals surface area (Å²) < 4.78 is 15.5. The number of nitrogens with one attached hydrogen (secondary N) is 2. The van der Waals surface area contributed by atoms with Crippen molar-refractivity contribution in [1.29, 1.82) is 0 Å². The van der Waals surface area contributed by atoms with Gasteiger partial charge in [-0.1, -0.05) is 42.5 Å². The third kappa shape index (κ3) is 3.34. The fraction of sp³-hybridized carbons (Fsp3) is 0.125. The number of aromatic nitrogens is 2. The first kappa shape index (κ1) is 19.0. The number of imidazole rings is 1. The van der Waals surface area contributed by atoms with E-state index in [-0.39, 0.29) is 18.2 Å². The van der Waals surface area contributed by atoms with E-state index >= 15 is 0 Å². The monoisotopic (exact) mass is 414 g/mol. The first-order chi connectivity index (χ1) is 15.0. The predicted molar refractivity (Wildman–Crippen MR) is 116 cm³/mol. The number of rotatable bonds is 3. The van der Waals surface area contributed by atoms with Crippen molar-refractivity contribution in [3.05, 3.63) is 83.8 Å². The Morgan fingerprint density at radius 3 is 2.77 bits per heavy atom. The van der Waals surface area contributed by atoms with Crippen molar-refractivity contribution in [2.24, 2.45) is 0 Å². The number of benzene rings is 2. The van der Waals surface area contributed by atoms with Crippen LogP contribution in [-0.4, -0.2) is 21.2 Å². The van der Waals surface area contributed by atoms with Crippen LogP contribution in [0.25, 0.3) is 16.9 Å². The lowest BCUT2D eigenvalue weighted by Crippen LogP contribution is -2.31. The molecule has 0 aliphatic carbocycles. The second-order valence-corrected chi connectivity index (χ2v) is 7.59. The third-order valence-corrected chi connectivity index (χ3v) is 5.50. The number of anilines is 2. The highest BCUT2D eigenvalue weighted by Crippen LogP contribution is 2.35. The van der Waals surface area contributed by atoms with E-state index in [1.165, 1.54) is 12.1 Å². The minimum absolute atomic E-state index is 0.0130. The van der Waals surface area contributed by atoms with Gasteiger partial charge in [-0.3, -0.25) is 14.0 Å². The van der Waals surface area contributed by atoms with E-state index in [0.717, 1.165) is 16.8 Å². The average molecular weight is 414 g/mol. The molecule has 0 saturated heterocycles. The zero-order valence-electron chi connectivity index (χ0n) is 16.7. The van der Waals surface area contributed by atoms with Crippen LogP contribution in [0.5, 0.6) is 0 Å². The largest absolute Gasteiger partial charge is 0.326 e. The Bertz CT molecular complexity index is 1330. The number of hydrogen-bond donors (Lipinski definition) is 2. The highest BCUT2D eigenvalue weighted by atomic mass is 19.1. The van der Waals surface area contributed by atoms with E-state index in [1.807, 2.05) is 60.0 Å². The van der Waals surface area contributed by atoms with E-state index in [9.17, 15) is 14.0 Å². The summed E-state index contributed by atoms with van der Waals surface area (Å²) in [7, 11) is 0. The van der Waals surface area contributed by atoms with E-state index < -0.39 is 11.7 Å². The maximum absolute atomic E-state index is 13.6. The molecule has 31 heavy (non-hydrogen) atoms. The van der Waals surface area contributed by atoms with Crippen LogP contribution in [0.15, 0.2) is 66.9 Å². The second-order valence-electron chi connectivity index (χ2n) is 7.59. The van der Waals surface area contributed by atoms with Crippen LogP contribution < -0.4 is 10.6 Å². The molecule has 5 rings (SSSR count). The molecule has 0 fully saturated rings. The van der Waals surface area contributed by atoms with Crippen LogP contribution in [0.4, 0.5) is 15.9 Å². The van der Waals surface area contributed by atoms with Gasteiger partial charge in [0.25, 0.3) is 0 Å². The third-order valence-electron chi connectivity index (χ3n) is 5.50. The van der Waals surface area contributed by atoms with Gasteiger partial charge >= 0.3 is 0 Å². The lowest BCUT2D eigenvalue weighted by atomic mass is 9.89. The zero-order chi connectivity index (χ0) is 21.5. The number of carbonyl (C=O) groups excluding carboxylic acids is 2. The summed E-state index contributed by atoms with van der Waals surface area (Å²) in [6.07, 6.45) is 1.83. The number of carbonyl (C=O) groups is 2. The topological polar surface area (TPSA) is 75.5 Å². The van der Waals surface area contributed by atoms with Gasteiger partial charge in [-0.2, -0.15) is 0 Å². The lowest BCUT2D eigenvalue weighted by molar-refractivity contribution is -0.123. The Labute approximate surface area is 177 Å². The fourth-order valence-corrected chi connectivity index (χ4v) is 4.00. The highest BCUT2D eigenvalue weighted by molar-refractivity contribution is 6.06. The van der Waals surface area contributed by atoms with Crippen molar-refractivity contribution < 1.29 is 14.0 Å². The summed E-state index contributed by atoms with van der Waals surface area (Å²) in [5.41, 5.74) is 4.13. The summed E-state index contributed by atoms with van der Waals surface area (Å²) in [5, 5.41) is 5.64. The van der Waals surface area contributed by atoms with Gasteiger partial charge in [-0.25, -0.2) is 9.37 Å². The van der Waals surface area contributed by atoms with Crippen LogP contribution in [0.1, 0.15) is 23.5 Å². The number of amides is 2. The lowest BCUT2D eigenvalue weighted by Gasteiger charge is -2.25. The standard InChI is InChI=1S/C24H19FN4O2/c1-14-6-5-11-29-22(14)27-21(15-7-3-2-4-8-15)23(29)28-24(31)18-13-20(30)26-19-12-16(25)9-10-17(18)19/h2-12,18H,13H2,1H3,(H,26,30)(H,28,31). The first-order valence-corrected chi connectivity index (χ1v) is 9.94. The molecule has 0 spiro atoms. The summed E-state index contributed by atoms with van der Waals surface area (Å²) in [5.74, 6) is -1.34. The van der Waals surface area contributed by atoms with E-state index in [0.29, 0.717) is 22.8 Å². The molecule has 2 amide bonds. The Morgan fingerprint density at radius 2 is 1.97 bits per heavy atom. The number of halogens is 1. The minimum atomic E-state index is -0.733. The predicted octanol–water partition coefficient (Wildman–Crippen LogP) is 4.51. The van der Waals surface area contributed by atoms with Gasteiger partial charge in [-0.15, -0.1) is 0 Å². The van der Waals surface area contributed by atoms with Gasteiger partial charge in [-0.05, 0) is 36.2 Å². The van der Waals surface area contributed by atoms with Gasteiger partial charge in [0.15, 0.2) is 0 Å². The van der Waals surface area contributed by atoms with E-state index in [1.54, 1.807) is 6.07 Å². The van der Waals surface area contributed by atoms with Crippen molar-refractivity contribution >= 4 is 29.0 Å². The summed E-state index contributed by atoms with van der Waals surface area (Å²) >= 11 is 0. The van der Waals surface area contributed by atoms with Crippen LogP contribution >= 0.6 is 0 Å². The Kier molecular flexibility index (Phi) is 4.51. The molecule has 154 valence electrons. The molecule has 2 N–H and O–H groups in total. The molecule has 1 atom stereocenters. The Morgan fingerprint density at radius 1 is 1.16 bits per heavy atom. The number of hydrogen-bond acceptors (Lipinski definition) is 3. The molecule has 4 aromatic rings. The molecule has 7 heteroatoms. The molecule has 2 aromatic carbocycles. The molecule has 1 aliphatic heterocycles. The molecule has 2 aromatic heterocycles. The summed E-state index contributed by atoms with van der Waals surface area (Å²) in [6.45, 7) is 1.96. The molecule has 0 radical (unpaired) electrons. The van der Waals surface area contributed by atoms with Gasteiger partial charge in [0.2, 0.25) is 11.8 Å². The quantitative estimate of drug-likeness (QED) is 0.518. The smallest absolute Gasteiger partial charge is 0.233 e. The molecule has 0 bridgehead atoms. The first-order valence-electron chi connectivity index (χ1n) is 9.94. The molecule has 1 unspecified atom stereocenters. The van der Waals surface area contributed by atoms with Crippen molar-refractivity contribution in [2.45, 2.75) is 19.3 Å². The maximum Gasteiger partial charge on any atom is 0.233 e. The van der Waals surface area contributed by atoms with Gasteiger partial charge in [0.1, 0.15) is 23.0 Å². The molecular weight excluding hydrogens is 395 g/mol. The van der Waals surface area contributed by atoms with Gasteiger partial charge in [0.05, 0.1) is 5.92 Å². The fourth-order valence-electron chi connectivity index (χ4n) is 4.00. The Hall–Kier alpha value is -4.00. The average Bonchev–Trinajstić information content (AvgIpc) is 3.13. The second kappa shape index (κ2) is 7.36. The number of nitrogens with zero attached hydrogens (tertiary/aromatic N) is 2. The van der Waals surface area contributed by atoms with Crippen LogP contribution in [-0.2, 0) is 9.59 Å². The normalized spacial score (nSPS) is 15.4. The van der Waals surface area contributed by atoms with Crippen LogP contribution in [0.2, 0.25) is 0 Å². The van der Waals surface area contributed by atoms with E-state index in [4.69, 9.17) is 4.98 Å².